The van der Waals surface area contributed by atoms with Crippen molar-refractivity contribution in [2.75, 3.05) is 34.4 Å². The van der Waals surface area contributed by atoms with Crippen molar-refractivity contribution >= 4 is 0 Å². The Bertz CT molecular complexity index is 792. The Morgan fingerprint density at radius 2 is 1.77 bits per heavy atom. The van der Waals surface area contributed by atoms with Gasteiger partial charge in [-0.3, -0.25) is 4.90 Å². The fourth-order valence-electron chi connectivity index (χ4n) is 4.47. The Balaban J connectivity index is 1.47. The summed E-state index contributed by atoms with van der Waals surface area (Å²) in [6.45, 7) is 2.59. The van der Waals surface area contributed by atoms with E-state index in [9.17, 15) is 5.11 Å². The molecule has 1 atom stereocenters. The second-order valence-corrected chi connectivity index (χ2v) is 8.83. The monoisotopic (exact) mass is 426 g/mol. The fourth-order valence-corrected chi connectivity index (χ4v) is 4.47. The van der Waals surface area contributed by atoms with E-state index >= 15 is 0 Å². The van der Waals surface area contributed by atoms with Gasteiger partial charge in [0, 0.05) is 31.2 Å². The Hall–Kier alpha value is -2.08. The fraction of sp³-hybridized carbons (Fsp3) is 0.538. The summed E-state index contributed by atoms with van der Waals surface area (Å²) in [6.07, 6.45) is 5.97. The normalized spacial score (nSPS) is 15.9. The van der Waals surface area contributed by atoms with Gasteiger partial charge >= 0.3 is 0 Å². The summed E-state index contributed by atoms with van der Waals surface area (Å²) in [6, 6.07) is 16.9. The molecule has 31 heavy (non-hydrogen) atoms. The molecule has 0 bridgehead atoms. The predicted octanol–water partition coefficient (Wildman–Crippen LogP) is 4.33. The van der Waals surface area contributed by atoms with Crippen LogP contribution in [-0.4, -0.2) is 61.4 Å². The third-order valence-corrected chi connectivity index (χ3v) is 6.12. The van der Waals surface area contributed by atoms with Gasteiger partial charge in [-0.25, -0.2) is 0 Å². The maximum Gasteiger partial charge on any atom is 0.123 e. The molecule has 0 aliphatic heterocycles. The van der Waals surface area contributed by atoms with Gasteiger partial charge in [0.05, 0.1) is 7.11 Å². The number of para-hydroxylation sites is 1. The highest BCUT2D eigenvalue weighted by Gasteiger charge is 2.20. The molecular formula is C26H38N2O3. The van der Waals surface area contributed by atoms with Gasteiger partial charge in [0.25, 0.3) is 0 Å². The van der Waals surface area contributed by atoms with E-state index in [0.717, 1.165) is 24.6 Å². The first-order valence-electron chi connectivity index (χ1n) is 11.5. The first kappa shape index (κ1) is 23.6. The van der Waals surface area contributed by atoms with Crippen molar-refractivity contribution in [1.29, 1.82) is 0 Å². The van der Waals surface area contributed by atoms with Gasteiger partial charge < -0.3 is 19.5 Å². The van der Waals surface area contributed by atoms with Crippen LogP contribution in [0.15, 0.2) is 48.5 Å². The van der Waals surface area contributed by atoms with Crippen LogP contribution >= 0.6 is 0 Å². The van der Waals surface area contributed by atoms with Crippen LogP contribution in [0.25, 0.3) is 0 Å². The third-order valence-electron chi connectivity index (χ3n) is 6.12. The lowest BCUT2D eigenvalue weighted by Gasteiger charge is -2.32. The lowest BCUT2D eigenvalue weighted by molar-refractivity contribution is 0.0561. The minimum Gasteiger partial charge on any atom is -0.496 e. The smallest absolute Gasteiger partial charge is 0.123 e. The summed E-state index contributed by atoms with van der Waals surface area (Å²) >= 11 is 0. The quantitative estimate of drug-likeness (QED) is 0.579. The number of hydrogen-bond donors (Lipinski definition) is 1. The summed E-state index contributed by atoms with van der Waals surface area (Å²) in [5.41, 5.74) is 2.36. The Morgan fingerprint density at radius 1 is 1.00 bits per heavy atom. The van der Waals surface area contributed by atoms with Gasteiger partial charge in [-0.2, -0.15) is 0 Å². The highest BCUT2D eigenvalue weighted by atomic mass is 16.5. The molecule has 170 valence electrons. The molecule has 1 saturated carbocycles. The molecule has 0 amide bonds. The van der Waals surface area contributed by atoms with Crippen molar-refractivity contribution < 1.29 is 14.6 Å². The molecule has 5 nitrogen and oxygen atoms in total. The number of ether oxygens (including phenoxy) is 2. The van der Waals surface area contributed by atoms with E-state index in [1.54, 1.807) is 7.11 Å². The Morgan fingerprint density at radius 3 is 2.55 bits per heavy atom. The van der Waals surface area contributed by atoms with Crippen molar-refractivity contribution in [3.8, 4) is 11.5 Å². The highest BCUT2D eigenvalue weighted by molar-refractivity contribution is 5.33. The highest BCUT2D eigenvalue weighted by Crippen LogP contribution is 2.22. The summed E-state index contributed by atoms with van der Waals surface area (Å²) in [4.78, 5) is 4.56. The molecular weight excluding hydrogens is 388 g/mol. The number of likely N-dealkylation sites (N-methyl/N-ethyl adjacent to an activating group) is 1. The van der Waals surface area contributed by atoms with E-state index in [1.807, 2.05) is 30.3 Å². The maximum absolute atomic E-state index is 10.5. The van der Waals surface area contributed by atoms with E-state index in [4.69, 9.17) is 9.47 Å². The van der Waals surface area contributed by atoms with Crippen LogP contribution < -0.4 is 9.47 Å². The standard InChI is InChI=1S/C26H38N2O3/c1-27(18-22-11-7-8-15-26(22)30-3)17-21-10-9-14-25(16-21)31-20-24(29)19-28(2)23-12-5-4-6-13-23/h7-11,14-16,23-24,29H,4-6,12-13,17-20H2,1-3H3/t24-/m1/s1. The molecule has 0 radical (unpaired) electrons. The van der Waals surface area contributed by atoms with E-state index in [-0.39, 0.29) is 0 Å². The summed E-state index contributed by atoms with van der Waals surface area (Å²) in [5.74, 6) is 1.72. The molecule has 1 aliphatic carbocycles. The van der Waals surface area contributed by atoms with Gasteiger partial charge in [0.15, 0.2) is 0 Å². The molecule has 1 aliphatic rings. The van der Waals surface area contributed by atoms with Crippen LogP contribution in [0.5, 0.6) is 11.5 Å². The molecule has 1 N–H and O–H groups in total. The molecule has 0 spiro atoms. The van der Waals surface area contributed by atoms with Crippen LogP contribution in [-0.2, 0) is 13.1 Å². The van der Waals surface area contributed by atoms with Crippen LogP contribution in [0.1, 0.15) is 43.2 Å². The molecule has 3 rings (SSSR count). The first-order chi connectivity index (χ1) is 15.0. The van der Waals surface area contributed by atoms with Crippen molar-refractivity contribution in [3.05, 3.63) is 59.7 Å². The second kappa shape index (κ2) is 12.1. The van der Waals surface area contributed by atoms with E-state index in [2.05, 4.69) is 42.1 Å². The van der Waals surface area contributed by atoms with Crippen LogP contribution in [0.2, 0.25) is 0 Å². The molecule has 0 heterocycles. The third kappa shape index (κ3) is 7.53. The molecule has 2 aromatic rings. The average Bonchev–Trinajstić information content (AvgIpc) is 2.79. The molecule has 2 aromatic carbocycles. The van der Waals surface area contributed by atoms with Crippen molar-refractivity contribution in [1.82, 2.24) is 9.80 Å². The van der Waals surface area contributed by atoms with Crippen molar-refractivity contribution in [2.24, 2.45) is 0 Å². The van der Waals surface area contributed by atoms with Crippen LogP contribution in [0.4, 0.5) is 0 Å². The predicted molar refractivity (Wildman–Crippen MR) is 126 cm³/mol. The Kier molecular flexibility index (Phi) is 9.19. The minimum atomic E-state index is -0.483. The second-order valence-electron chi connectivity index (χ2n) is 8.83. The zero-order valence-corrected chi connectivity index (χ0v) is 19.3. The number of aliphatic hydroxyl groups is 1. The SMILES string of the molecule is COc1ccccc1CN(C)Cc1cccc(OC[C@H](O)CN(C)C2CCCCC2)c1. The lowest BCUT2D eigenvalue weighted by Crippen LogP contribution is -2.40. The number of rotatable bonds is 11. The zero-order chi connectivity index (χ0) is 22.1. The number of aliphatic hydroxyl groups excluding tert-OH is 1. The number of benzene rings is 2. The van der Waals surface area contributed by atoms with Crippen LogP contribution in [0, 0.1) is 0 Å². The molecule has 0 unspecified atom stereocenters. The maximum atomic E-state index is 10.5. The van der Waals surface area contributed by atoms with Gasteiger partial charge in [-0.15, -0.1) is 0 Å². The van der Waals surface area contributed by atoms with Crippen molar-refractivity contribution in [2.45, 2.75) is 57.3 Å². The number of hydrogen-bond acceptors (Lipinski definition) is 5. The van der Waals surface area contributed by atoms with E-state index < -0.39 is 6.10 Å². The summed E-state index contributed by atoms with van der Waals surface area (Å²) in [7, 11) is 5.93. The average molecular weight is 427 g/mol. The Labute approximate surface area is 187 Å². The molecule has 0 saturated heterocycles. The number of methoxy groups -OCH3 is 1. The van der Waals surface area contributed by atoms with Gasteiger partial charge in [0.1, 0.15) is 24.2 Å². The van der Waals surface area contributed by atoms with Gasteiger partial charge in [-0.05, 0) is 50.7 Å². The van der Waals surface area contributed by atoms with E-state index in [0.29, 0.717) is 19.2 Å². The minimum absolute atomic E-state index is 0.317. The molecule has 1 fully saturated rings. The summed E-state index contributed by atoms with van der Waals surface area (Å²) < 4.78 is 11.4. The van der Waals surface area contributed by atoms with Gasteiger partial charge in [-0.1, -0.05) is 49.6 Å². The van der Waals surface area contributed by atoms with Crippen molar-refractivity contribution in [3.63, 3.8) is 0 Å². The molecule has 0 aromatic heterocycles. The molecule has 5 heteroatoms. The first-order valence-corrected chi connectivity index (χ1v) is 11.5. The topological polar surface area (TPSA) is 45.2 Å². The summed E-state index contributed by atoms with van der Waals surface area (Å²) in [5, 5.41) is 10.5. The van der Waals surface area contributed by atoms with Gasteiger partial charge in [0.2, 0.25) is 0 Å². The van der Waals surface area contributed by atoms with Crippen LogP contribution in [0.3, 0.4) is 0 Å². The largest absolute Gasteiger partial charge is 0.496 e. The van der Waals surface area contributed by atoms with E-state index in [1.165, 1.54) is 43.2 Å². The lowest BCUT2D eigenvalue weighted by atomic mass is 9.94. The number of nitrogens with zero attached hydrogens (tertiary/aromatic N) is 2. The zero-order valence-electron chi connectivity index (χ0n) is 19.3.